The largest absolute Gasteiger partial charge is 0.481 e. The summed E-state index contributed by atoms with van der Waals surface area (Å²) in [6, 6.07) is 2.89. The maximum atomic E-state index is 13.5. The van der Waals surface area contributed by atoms with Gasteiger partial charge in [0, 0.05) is 12.1 Å². The molecule has 0 saturated carbocycles. The van der Waals surface area contributed by atoms with Crippen LogP contribution in [0.5, 0.6) is 0 Å². The number of nitrogens with two attached hydrogens (primary N) is 1. The molecule has 0 spiro atoms. The van der Waals surface area contributed by atoms with Crippen molar-refractivity contribution >= 4 is 17.6 Å². The molecule has 1 aromatic rings. The zero-order valence-electron chi connectivity index (χ0n) is 8.13. The van der Waals surface area contributed by atoms with Crippen molar-refractivity contribution in [3.05, 3.63) is 34.1 Å². The summed E-state index contributed by atoms with van der Waals surface area (Å²) < 4.78 is 13.5. The van der Waals surface area contributed by atoms with E-state index in [1.807, 2.05) is 0 Å². The number of benzene rings is 1. The van der Waals surface area contributed by atoms with Crippen LogP contribution in [-0.2, 0) is 4.79 Å². The first kappa shape index (κ1) is 11.9. The molecule has 15 heavy (non-hydrogen) atoms. The van der Waals surface area contributed by atoms with Gasteiger partial charge in [0.25, 0.3) is 0 Å². The molecule has 0 amide bonds. The summed E-state index contributed by atoms with van der Waals surface area (Å²) in [5, 5.41) is 8.76. The third-order valence-electron chi connectivity index (χ3n) is 2.11. The summed E-state index contributed by atoms with van der Waals surface area (Å²) in [4.78, 5) is 10.8. The van der Waals surface area contributed by atoms with E-state index in [-0.39, 0.29) is 17.1 Å². The van der Waals surface area contributed by atoms with Crippen LogP contribution in [0.25, 0.3) is 0 Å². The molecule has 1 unspecified atom stereocenters. The highest BCUT2D eigenvalue weighted by Crippen LogP contribution is 2.26. The topological polar surface area (TPSA) is 63.3 Å². The molecule has 0 radical (unpaired) electrons. The van der Waals surface area contributed by atoms with E-state index >= 15 is 0 Å². The zero-order valence-corrected chi connectivity index (χ0v) is 8.88. The highest BCUT2D eigenvalue weighted by molar-refractivity contribution is 6.30. The summed E-state index contributed by atoms with van der Waals surface area (Å²) >= 11 is 5.62. The number of carboxylic acid groups (broad SMARTS) is 1. The summed E-state index contributed by atoms with van der Waals surface area (Å²) in [5.41, 5.74) is 6.03. The van der Waals surface area contributed by atoms with Crippen molar-refractivity contribution in [2.45, 2.75) is 12.8 Å². The monoisotopic (exact) mass is 231 g/mol. The summed E-state index contributed by atoms with van der Waals surface area (Å²) in [6.07, 6.45) is 0. The number of aryl methyl sites for hydroxylation is 1. The van der Waals surface area contributed by atoms with Crippen molar-refractivity contribution in [3.63, 3.8) is 0 Å². The van der Waals surface area contributed by atoms with Crippen molar-refractivity contribution in [2.24, 2.45) is 5.73 Å². The van der Waals surface area contributed by atoms with Crippen LogP contribution < -0.4 is 5.73 Å². The average molecular weight is 232 g/mol. The molecule has 0 fully saturated rings. The standard InChI is InChI=1S/C10H11ClFNO2/c1-5-2-6(7(4-13)10(14)15)9(12)8(11)3-5/h2-3,7H,4,13H2,1H3,(H,14,15). The van der Waals surface area contributed by atoms with Gasteiger partial charge in [-0.3, -0.25) is 4.79 Å². The lowest BCUT2D eigenvalue weighted by Gasteiger charge is -2.12. The van der Waals surface area contributed by atoms with Gasteiger partial charge in [0.05, 0.1) is 10.9 Å². The summed E-state index contributed by atoms with van der Waals surface area (Å²) in [6.45, 7) is 1.55. The molecule has 0 heterocycles. The Morgan fingerprint density at radius 3 is 2.73 bits per heavy atom. The SMILES string of the molecule is Cc1cc(Cl)c(F)c(C(CN)C(=O)O)c1. The molecular weight excluding hydrogens is 221 g/mol. The highest BCUT2D eigenvalue weighted by Gasteiger charge is 2.23. The maximum absolute atomic E-state index is 13.5. The van der Waals surface area contributed by atoms with E-state index in [2.05, 4.69) is 0 Å². The average Bonchev–Trinajstić information content (AvgIpc) is 2.13. The fourth-order valence-electron chi connectivity index (χ4n) is 1.37. The van der Waals surface area contributed by atoms with Crippen LogP contribution in [0.1, 0.15) is 17.0 Å². The van der Waals surface area contributed by atoms with Crippen LogP contribution in [0.2, 0.25) is 5.02 Å². The van der Waals surface area contributed by atoms with Gasteiger partial charge in [-0.05, 0) is 18.6 Å². The second-order valence-electron chi connectivity index (χ2n) is 3.28. The van der Waals surface area contributed by atoms with E-state index in [1.165, 1.54) is 12.1 Å². The van der Waals surface area contributed by atoms with Gasteiger partial charge in [0.2, 0.25) is 0 Å². The summed E-state index contributed by atoms with van der Waals surface area (Å²) in [7, 11) is 0. The lowest BCUT2D eigenvalue weighted by atomic mass is 9.97. The molecule has 3 nitrogen and oxygen atoms in total. The predicted molar refractivity (Wildman–Crippen MR) is 55.6 cm³/mol. The Morgan fingerprint density at radius 2 is 2.27 bits per heavy atom. The lowest BCUT2D eigenvalue weighted by Crippen LogP contribution is -2.22. The number of halogens is 2. The van der Waals surface area contributed by atoms with Crippen LogP contribution in [0.15, 0.2) is 12.1 Å². The first-order chi connectivity index (χ1) is 6.97. The van der Waals surface area contributed by atoms with E-state index in [1.54, 1.807) is 6.92 Å². The van der Waals surface area contributed by atoms with Crippen molar-refractivity contribution in [1.82, 2.24) is 0 Å². The van der Waals surface area contributed by atoms with Crippen molar-refractivity contribution in [3.8, 4) is 0 Å². The Kier molecular flexibility index (Phi) is 3.66. The molecule has 0 saturated heterocycles. The van der Waals surface area contributed by atoms with E-state index < -0.39 is 17.7 Å². The van der Waals surface area contributed by atoms with Crippen LogP contribution in [0.3, 0.4) is 0 Å². The Morgan fingerprint density at radius 1 is 1.67 bits per heavy atom. The molecule has 1 rings (SSSR count). The first-order valence-electron chi connectivity index (χ1n) is 4.35. The van der Waals surface area contributed by atoms with E-state index in [4.69, 9.17) is 22.4 Å². The number of rotatable bonds is 3. The van der Waals surface area contributed by atoms with Gasteiger partial charge in [-0.1, -0.05) is 17.7 Å². The fraction of sp³-hybridized carbons (Fsp3) is 0.300. The zero-order chi connectivity index (χ0) is 11.6. The fourth-order valence-corrected chi connectivity index (χ4v) is 1.65. The van der Waals surface area contributed by atoms with Gasteiger partial charge in [-0.15, -0.1) is 0 Å². The molecule has 0 aliphatic heterocycles. The second-order valence-corrected chi connectivity index (χ2v) is 3.68. The predicted octanol–water partition coefficient (Wildman–Crippen LogP) is 1.91. The lowest BCUT2D eigenvalue weighted by molar-refractivity contribution is -0.138. The van der Waals surface area contributed by atoms with Gasteiger partial charge in [0.1, 0.15) is 5.82 Å². The van der Waals surface area contributed by atoms with Crippen molar-refractivity contribution in [2.75, 3.05) is 6.54 Å². The maximum Gasteiger partial charge on any atom is 0.312 e. The minimum atomic E-state index is -1.15. The minimum Gasteiger partial charge on any atom is -0.481 e. The highest BCUT2D eigenvalue weighted by atomic mass is 35.5. The second kappa shape index (κ2) is 4.59. The Bertz CT molecular complexity index is 395. The smallest absolute Gasteiger partial charge is 0.312 e. The van der Waals surface area contributed by atoms with Gasteiger partial charge >= 0.3 is 5.97 Å². The molecule has 82 valence electrons. The van der Waals surface area contributed by atoms with E-state index in [0.29, 0.717) is 5.56 Å². The van der Waals surface area contributed by atoms with Gasteiger partial charge < -0.3 is 10.8 Å². The molecule has 5 heteroatoms. The van der Waals surface area contributed by atoms with Crippen LogP contribution in [0.4, 0.5) is 4.39 Å². The quantitative estimate of drug-likeness (QED) is 0.835. The molecule has 1 atom stereocenters. The normalized spacial score (nSPS) is 12.5. The van der Waals surface area contributed by atoms with Crippen LogP contribution >= 0.6 is 11.6 Å². The number of hydrogen-bond acceptors (Lipinski definition) is 2. The number of aliphatic carboxylic acids is 1. The molecule has 1 aromatic carbocycles. The molecule has 0 aromatic heterocycles. The third kappa shape index (κ3) is 2.46. The Hall–Kier alpha value is -1.13. The van der Waals surface area contributed by atoms with E-state index in [9.17, 15) is 9.18 Å². The van der Waals surface area contributed by atoms with Crippen LogP contribution in [0, 0.1) is 12.7 Å². The van der Waals surface area contributed by atoms with Crippen LogP contribution in [-0.4, -0.2) is 17.6 Å². The van der Waals surface area contributed by atoms with Gasteiger partial charge in [-0.25, -0.2) is 4.39 Å². The first-order valence-corrected chi connectivity index (χ1v) is 4.73. The summed E-state index contributed by atoms with van der Waals surface area (Å²) in [5.74, 6) is -2.92. The number of carboxylic acids is 1. The number of hydrogen-bond donors (Lipinski definition) is 2. The molecule has 0 aliphatic rings. The Labute approximate surface area is 91.7 Å². The molecule has 3 N–H and O–H groups in total. The minimum absolute atomic E-state index is 0.0370. The molecule has 0 aliphatic carbocycles. The van der Waals surface area contributed by atoms with Gasteiger partial charge in [-0.2, -0.15) is 0 Å². The van der Waals surface area contributed by atoms with Crippen molar-refractivity contribution in [1.29, 1.82) is 0 Å². The van der Waals surface area contributed by atoms with Crippen molar-refractivity contribution < 1.29 is 14.3 Å². The third-order valence-corrected chi connectivity index (χ3v) is 2.38. The molecular formula is C10H11ClFNO2. The molecule has 0 bridgehead atoms. The van der Waals surface area contributed by atoms with Gasteiger partial charge in [0.15, 0.2) is 0 Å². The number of carbonyl (C=O) groups is 1. The van der Waals surface area contributed by atoms with E-state index in [0.717, 1.165) is 0 Å². The Balaban J connectivity index is 3.28.